The fourth-order valence-corrected chi connectivity index (χ4v) is 3.18. The minimum absolute atomic E-state index is 0.134. The maximum absolute atomic E-state index is 12.0. The minimum Gasteiger partial charge on any atom is -0.331 e. The summed E-state index contributed by atoms with van der Waals surface area (Å²) in [6.45, 7) is 6.09. The molecule has 1 aromatic carbocycles. The van der Waals surface area contributed by atoms with Crippen LogP contribution in [0.25, 0.3) is 0 Å². The van der Waals surface area contributed by atoms with E-state index in [1.54, 1.807) is 4.90 Å². The molecule has 0 radical (unpaired) electrons. The molecule has 1 saturated heterocycles. The van der Waals surface area contributed by atoms with Gasteiger partial charge in [0.15, 0.2) is 0 Å². The molecule has 4 heteroatoms. The summed E-state index contributed by atoms with van der Waals surface area (Å²) in [7, 11) is 3.64. The van der Waals surface area contributed by atoms with Gasteiger partial charge in [-0.2, -0.15) is 0 Å². The minimum atomic E-state index is 0.134. The molecule has 4 nitrogen and oxygen atoms in total. The molecule has 2 rings (SSSR count). The van der Waals surface area contributed by atoms with Crippen molar-refractivity contribution in [1.29, 1.82) is 0 Å². The highest BCUT2D eigenvalue weighted by molar-refractivity contribution is 5.73. The van der Waals surface area contributed by atoms with Crippen LogP contribution in [0.2, 0.25) is 0 Å². The summed E-state index contributed by atoms with van der Waals surface area (Å²) >= 11 is 0. The highest BCUT2D eigenvalue weighted by Gasteiger charge is 2.24. The molecule has 1 fully saturated rings. The van der Waals surface area contributed by atoms with Crippen LogP contribution < -0.4 is 5.32 Å². The summed E-state index contributed by atoms with van der Waals surface area (Å²) in [5, 5.41) is 3.81. The van der Waals surface area contributed by atoms with Crippen molar-refractivity contribution in [1.82, 2.24) is 15.1 Å². The van der Waals surface area contributed by atoms with Gasteiger partial charge in [0.05, 0.1) is 0 Å². The third kappa shape index (κ3) is 5.24. The maximum atomic E-state index is 12.0. The van der Waals surface area contributed by atoms with Crippen molar-refractivity contribution in [3.05, 3.63) is 35.4 Å². The number of amides is 2. The fourth-order valence-electron chi connectivity index (χ4n) is 3.18. The Morgan fingerprint density at radius 1 is 1.26 bits per heavy atom. The van der Waals surface area contributed by atoms with E-state index >= 15 is 0 Å². The fraction of sp³-hybridized carbons (Fsp3) is 0.632. The molecule has 0 bridgehead atoms. The van der Waals surface area contributed by atoms with Crippen molar-refractivity contribution >= 4 is 6.03 Å². The second-order valence-corrected chi connectivity index (χ2v) is 6.90. The lowest BCUT2D eigenvalue weighted by Crippen LogP contribution is -2.50. The number of nitrogens with one attached hydrogen (secondary N) is 1. The molecule has 1 aliphatic heterocycles. The molecular weight excluding hydrogens is 286 g/mol. The number of benzene rings is 1. The van der Waals surface area contributed by atoms with Crippen molar-refractivity contribution in [2.75, 3.05) is 27.2 Å². The highest BCUT2D eigenvalue weighted by Crippen LogP contribution is 2.15. The Hall–Kier alpha value is -1.55. The predicted molar refractivity (Wildman–Crippen MR) is 95.8 cm³/mol. The molecule has 23 heavy (non-hydrogen) atoms. The summed E-state index contributed by atoms with van der Waals surface area (Å²) in [6, 6.07) is 10.0. The molecule has 0 unspecified atom stereocenters. The molecule has 1 atom stereocenters. The third-order valence-electron chi connectivity index (χ3n) is 4.71. The van der Waals surface area contributed by atoms with Crippen molar-refractivity contribution in [2.45, 2.75) is 51.6 Å². The third-order valence-corrected chi connectivity index (χ3v) is 4.71. The van der Waals surface area contributed by atoms with Gasteiger partial charge in [-0.15, -0.1) is 0 Å². The first-order valence-corrected chi connectivity index (χ1v) is 8.77. The Kier molecular flexibility index (Phi) is 6.46. The maximum Gasteiger partial charge on any atom is 0.319 e. The van der Waals surface area contributed by atoms with Gasteiger partial charge in [0.1, 0.15) is 0 Å². The van der Waals surface area contributed by atoms with Gasteiger partial charge in [0, 0.05) is 39.3 Å². The molecule has 1 heterocycles. The molecule has 0 aromatic heterocycles. The van der Waals surface area contributed by atoms with Gasteiger partial charge in [-0.3, -0.25) is 0 Å². The van der Waals surface area contributed by atoms with E-state index in [1.807, 2.05) is 19.0 Å². The van der Waals surface area contributed by atoms with Crippen LogP contribution in [0.4, 0.5) is 4.79 Å². The lowest BCUT2D eigenvalue weighted by atomic mass is 9.99. The molecule has 1 aromatic rings. The normalized spacial score (nSPS) is 17.1. The Morgan fingerprint density at radius 3 is 2.39 bits per heavy atom. The zero-order valence-corrected chi connectivity index (χ0v) is 15.0. The van der Waals surface area contributed by atoms with Crippen LogP contribution in [-0.4, -0.2) is 55.1 Å². The molecule has 2 amide bonds. The number of urea groups is 1. The van der Waals surface area contributed by atoms with Gasteiger partial charge in [-0.25, -0.2) is 4.79 Å². The van der Waals surface area contributed by atoms with Crippen molar-refractivity contribution in [3.8, 4) is 0 Å². The van der Waals surface area contributed by atoms with Gasteiger partial charge >= 0.3 is 6.03 Å². The first kappa shape index (κ1) is 17.8. The van der Waals surface area contributed by atoms with E-state index < -0.39 is 0 Å². The van der Waals surface area contributed by atoms with E-state index in [2.05, 4.69) is 43.4 Å². The number of aryl methyl sites for hydroxylation is 1. The summed E-state index contributed by atoms with van der Waals surface area (Å²) in [6.07, 6.45) is 4.30. The average molecular weight is 317 g/mol. The van der Waals surface area contributed by atoms with Crippen LogP contribution >= 0.6 is 0 Å². The molecule has 0 spiro atoms. The van der Waals surface area contributed by atoms with Crippen molar-refractivity contribution in [3.63, 3.8) is 0 Å². The van der Waals surface area contributed by atoms with Gasteiger partial charge < -0.3 is 15.1 Å². The van der Waals surface area contributed by atoms with E-state index in [0.29, 0.717) is 12.1 Å². The standard InChI is InChI=1S/C19H31N3O/c1-5-17(14-16-8-6-15(2)7-9-16)20-18-10-12-22(13-11-18)19(23)21(3)4/h6-9,17-18,20H,5,10-14H2,1-4H3/t17-/m1/s1. The molecule has 128 valence electrons. The molecule has 1 N–H and O–H groups in total. The van der Waals surface area contributed by atoms with Crippen LogP contribution in [0.3, 0.4) is 0 Å². The van der Waals surface area contributed by atoms with Gasteiger partial charge in [-0.1, -0.05) is 36.8 Å². The van der Waals surface area contributed by atoms with E-state index in [1.165, 1.54) is 11.1 Å². The van der Waals surface area contributed by atoms with Gasteiger partial charge in [0.25, 0.3) is 0 Å². The lowest BCUT2D eigenvalue weighted by Gasteiger charge is -2.35. The largest absolute Gasteiger partial charge is 0.331 e. The van der Waals surface area contributed by atoms with Crippen LogP contribution in [0.1, 0.15) is 37.3 Å². The van der Waals surface area contributed by atoms with Crippen molar-refractivity contribution in [2.24, 2.45) is 0 Å². The molecule has 0 saturated carbocycles. The predicted octanol–water partition coefficient (Wildman–Crippen LogP) is 3.05. The second kappa shape index (κ2) is 8.34. The summed E-state index contributed by atoms with van der Waals surface area (Å²) in [5.41, 5.74) is 2.71. The number of rotatable bonds is 5. The summed E-state index contributed by atoms with van der Waals surface area (Å²) in [4.78, 5) is 15.6. The zero-order chi connectivity index (χ0) is 16.8. The number of likely N-dealkylation sites (tertiary alicyclic amines) is 1. The second-order valence-electron chi connectivity index (χ2n) is 6.90. The number of carbonyl (C=O) groups excluding carboxylic acids is 1. The molecule has 0 aliphatic carbocycles. The topological polar surface area (TPSA) is 35.6 Å². The number of nitrogens with zero attached hydrogens (tertiary/aromatic N) is 2. The number of hydrogen-bond acceptors (Lipinski definition) is 2. The lowest BCUT2D eigenvalue weighted by molar-refractivity contribution is 0.150. The van der Waals surface area contributed by atoms with Crippen LogP contribution in [0.5, 0.6) is 0 Å². The summed E-state index contributed by atoms with van der Waals surface area (Å²) in [5.74, 6) is 0. The van der Waals surface area contributed by atoms with Crippen LogP contribution in [-0.2, 0) is 6.42 Å². The summed E-state index contributed by atoms with van der Waals surface area (Å²) < 4.78 is 0. The van der Waals surface area contributed by atoms with E-state index in [4.69, 9.17) is 0 Å². The highest BCUT2D eigenvalue weighted by atomic mass is 16.2. The first-order valence-electron chi connectivity index (χ1n) is 8.77. The Balaban J connectivity index is 1.81. The Morgan fingerprint density at radius 2 is 1.87 bits per heavy atom. The van der Waals surface area contributed by atoms with Crippen LogP contribution in [0, 0.1) is 6.92 Å². The SMILES string of the molecule is CC[C@H](Cc1ccc(C)cc1)NC1CCN(C(=O)N(C)C)CC1. The smallest absolute Gasteiger partial charge is 0.319 e. The van der Waals surface area contributed by atoms with Gasteiger partial charge in [0.2, 0.25) is 0 Å². The van der Waals surface area contributed by atoms with Crippen LogP contribution in [0.15, 0.2) is 24.3 Å². The Bertz CT molecular complexity index is 490. The Labute approximate surface area is 140 Å². The van der Waals surface area contributed by atoms with Gasteiger partial charge in [-0.05, 0) is 38.2 Å². The monoisotopic (exact) mass is 317 g/mol. The zero-order valence-electron chi connectivity index (χ0n) is 15.0. The number of piperidine rings is 1. The quantitative estimate of drug-likeness (QED) is 0.906. The average Bonchev–Trinajstić information content (AvgIpc) is 2.56. The molecule has 1 aliphatic rings. The van der Waals surface area contributed by atoms with E-state index in [0.717, 1.165) is 38.8 Å². The number of carbonyl (C=O) groups is 1. The van der Waals surface area contributed by atoms with E-state index in [9.17, 15) is 4.79 Å². The van der Waals surface area contributed by atoms with Crippen molar-refractivity contribution < 1.29 is 4.79 Å². The number of hydrogen-bond donors (Lipinski definition) is 1. The van der Waals surface area contributed by atoms with E-state index in [-0.39, 0.29) is 6.03 Å². The first-order chi connectivity index (χ1) is 11.0. The molecular formula is C19H31N3O.